The van der Waals surface area contributed by atoms with Crippen molar-refractivity contribution in [3.05, 3.63) is 11.8 Å². The first-order valence-corrected chi connectivity index (χ1v) is 6.78. The van der Waals surface area contributed by atoms with E-state index in [0.717, 1.165) is 0 Å². The molecule has 6 atom stereocenters. The van der Waals surface area contributed by atoms with E-state index in [4.69, 9.17) is 4.74 Å². The average Bonchev–Trinajstić information content (AvgIpc) is 3.23. The molecule has 6 nitrogen and oxygen atoms in total. The fraction of sp³-hybridized carbons (Fsp3) is 0.833. The molecule has 1 rings (SSSR count). The molecule has 0 aromatic carbocycles. The second-order valence-electron chi connectivity index (χ2n) is 5.44. The van der Waals surface area contributed by atoms with Crippen LogP contribution >= 0.6 is 0 Å². The second kappa shape index (κ2) is 12.1. The van der Waals surface area contributed by atoms with Crippen LogP contribution in [0.15, 0.2) is 11.8 Å². The van der Waals surface area contributed by atoms with E-state index >= 15 is 0 Å². The normalized spacial score (nSPS) is 26.6. The third-order valence-electron chi connectivity index (χ3n) is 3.75. The maximum Gasteiger partial charge on any atom is 1.00 e. The predicted molar refractivity (Wildman–Crippen MR) is 65.7 cm³/mol. The van der Waals surface area contributed by atoms with Gasteiger partial charge in [-0.2, -0.15) is 4.39 Å². The zero-order valence-electron chi connectivity index (χ0n) is 14.3. The van der Waals surface area contributed by atoms with Crippen molar-refractivity contribution in [2.45, 2.75) is 57.3 Å². The van der Waals surface area contributed by atoms with Gasteiger partial charge >= 0.3 is 103 Å². The summed E-state index contributed by atoms with van der Waals surface area (Å²) in [6.07, 6.45) is -4.77. The molecule has 1 saturated heterocycles. The Morgan fingerprint density at radius 1 is 1.33 bits per heavy atom. The molecule has 0 amide bonds. The van der Waals surface area contributed by atoms with Crippen LogP contribution in [0.5, 0.6) is 0 Å². The van der Waals surface area contributed by atoms with Crippen molar-refractivity contribution < 1.29 is 146 Å². The number of hydrogen-bond donors (Lipinski definition) is 2. The van der Waals surface area contributed by atoms with E-state index < -0.39 is 55.2 Å². The Balaban J connectivity index is 0. The van der Waals surface area contributed by atoms with Gasteiger partial charge in [0.1, 0.15) is 13.4 Å². The van der Waals surface area contributed by atoms with Crippen LogP contribution in [0.3, 0.4) is 0 Å². The topological polar surface area (TPSA) is 108 Å². The van der Waals surface area contributed by atoms with Crippen molar-refractivity contribution in [1.82, 2.24) is 0 Å². The smallest absolute Gasteiger partial charge is 0.860 e. The van der Waals surface area contributed by atoms with E-state index in [1.807, 2.05) is 0 Å². The van der Waals surface area contributed by atoms with Crippen molar-refractivity contribution in [3.63, 3.8) is 0 Å². The van der Waals surface area contributed by atoms with Crippen LogP contribution in [0, 0.1) is 5.92 Å². The van der Waals surface area contributed by atoms with Crippen molar-refractivity contribution in [1.29, 1.82) is 0 Å². The minimum atomic E-state index is -3.15. The van der Waals surface area contributed by atoms with E-state index in [-0.39, 0.29) is 103 Å². The molecule has 1 unspecified atom stereocenters. The van der Waals surface area contributed by atoms with Gasteiger partial charge in [-0.3, -0.25) is 0 Å². The molecule has 0 aromatic heterocycles. The van der Waals surface area contributed by atoms with E-state index in [9.17, 15) is 33.4 Å². The number of hydrogen-bond acceptors (Lipinski definition) is 6. The van der Waals surface area contributed by atoms with Crippen molar-refractivity contribution in [2.24, 2.45) is 5.92 Å². The van der Waals surface area contributed by atoms with Gasteiger partial charge in [-0.15, -0.1) is 0 Å². The molecule has 24 heavy (non-hydrogen) atoms. The first kappa shape index (κ1) is 28.7. The first-order chi connectivity index (χ1) is 10.0. The SMILES string of the molecule is CC[C@H](O)[C@@H](C)[C@H]1O[C@H]1C(F)[C@@](C)(O)/C(F)=C(\F)OB([O-])[O-].[K+].[K+]. The third kappa shape index (κ3) is 7.47. The summed E-state index contributed by atoms with van der Waals surface area (Å²) in [6, 6.07) is -2.26. The Labute approximate surface area is 224 Å². The number of alkyl halides is 1. The molecule has 2 N–H and O–H groups in total. The minimum absolute atomic E-state index is 0. The van der Waals surface area contributed by atoms with Crippen molar-refractivity contribution >= 4 is 7.32 Å². The molecule has 128 valence electrons. The van der Waals surface area contributed by atoms with Crippen LogP contribution in [0.1, 0.15) is 27.2 Å². The molecule has 1 heterocycles. The maximum absolute atomic E-state index is 14.2. The predicted octanol–water partition coefficient (Wildman–Crippen LogP) is -6.91. The summed E-state index contributed by atoms with van der Waals surface area (Å²) >= 11 is 0. The minimum Gasteiger partial charge on any atom is -0.860 e. The molecule has 0 radical (unpaired) electrons. The Hall–Kier alpha value is 2.47. The summed E-state index contributed by atoms with van der Waals surface area (Å²) in [7, 11) is -3.15. The third-order valence-corrected chi connectivity index (χ3v) is 3.75. The Bertz CT molecular complexity index is 430. The molecule has 0 bridgehead atoms. The number of rotatable bonds is 8. The molecule has 0 saturated carbocycles. The zero-order chi connectivity index (χ0) is 17.2. The van der Waals surface area contributed by atoms with Crippen LogP contribution in [0.4, 0.5) is 13.2 Å². The van der Waals surface area contributed by atoms with E-state index in [1.54, 1.807) is 13.8 Å². The molecule has 12 heteroatoms. The van der Waals surface area contributed by atoms with Gasteiger partial charge in [-0.05, 0) is 13.3 Å². The van der Waals surface area contributed by atoms with Gasteiger partial charge in [0.05, 0.1) is 12.2 Å². The van der Waals surface area contributed by atoms with Gasteiger partial charge in [0, 0.05) is 5.92 Å². The fourth-order valence-corrected chi connectivity index (χ4v) is 2.16. The molecule has 1 fully saturated rings. The Morgan fingerprint density at radius 3 is 2.25 bits per heavy atom. The van der Waals surface area contributed by atoms with Crippen LogP contribution in [-0.4, -0.2) is 47.6 Å². The molecule has 0 aromatic rings. The van der Waals surface area contributed by atoms with Crippen LogP contribution in [0.2, 0.25) is 0 Å². The monoisotopic (exact) mass is 404 g/mol. The van der Waals surface area contributed by atoms with E-state index in [1.165, 1.54) is 0 Å². The number of halogens is 3. The number of aliphatic hydroxyl groups excluding tert-OH is 1. The Kier molecular flexibility index (Phi) is 14.5. The van der Waals surface area contributed by atoms with Gasteiger partial charge in [0.25, 0.3) is 6.01 Å². The summed E-state index contributed by atoms with van der Waals surface area (Å²) in [5, 5.41) is 39.6. The quantitative estimate of drug-likeness (QED) is 0.237. The van der Waals surface area contributed by atoms with Gasteiger partial charge in [0.15, 0.2) is 11.8 Å². The Morgan fingerprint density at radius 2 is 1.83 bits per heavy atom. The summed E-state index contributed by atoms with van der Waals surface area (Å²) in [5.74, 6) is -2.57. The molecule has 0 spiro atoms. The molecule has 1 aliphatic rings. The maximum atomic E-state index is 14.2. The molecule has 1 aliphatic heterocycles. The molecule has 0 aliphatic carbocycles. The average molecular weight is 404 g/mol. The number of aliphatic hydroxyl groups is 2. The molecular formula is C12H18BF3K2O6. The number of epoxide rings is 1. The second-order valence-corrected chi connectivity index (χ2v) is 5.44. The number of ether oxygens (including phenoxy) is 1. The summed E-state index contributed by atoms with van der Waals surface area (Å²) < 4.78 is 49.3. The van der Waals surface area contributed by atoms with Crippen molar-refractivity contribution in [2.75, 3.05) is 0 Å². The van der Waals surface area contributed by atoms with Gasteiger partial charge in [-0.25, -0.2) is 8.78 Å². The van der Waals surface area contributed by atoms with Crippen LogP contribution in [-0.2, 0) is 9.39 Å². The van der Waals surface area contributed by atoms with Gasteiger partial charge in [-0.1, -0.05) is 13.8 Å². The van der Waals surface area contributed by atoms with E-state index in [2.05, 4.69) is 4.65 Å². The summed E-state index contributed by atoms with van der Waals surface area (Å²) in [4.78, 5) is 0. The summed E-state index contributed by atoms with van der Waals surface area (Å²) in [6.45, 7) is 3.93. The van der Waals surface area contributed by atoms with Crippen molar-refractivity contribution in [3.8, 4) is 0 Å². The fourth-order valence-electron chi connectivity index (χ4n) is 2.16. The summed E-state index contributed by atoms with van der Waals surface area (Å²) in [5.41, 5.74) is -2.98. The van der Waals surface area contributed by atoms with Crippen LogP contribution < -0.4 is 113 Å². The molecular weight excluding hydrogens is 386 g/mol. The standard InChI is InChI=1S/C12H18BF3O6.2K/c1-4-6(17)5(2)7-8(21-7)9(14)12(3,18)10(15)11(16)22-13(19)20;;/h5-9,17-18H,4H2,1-3H3;;/q-2;2*+1/b11-10-;;/t5-,6+,7-,8-,9?,12-;;/m1../s1. The first-order valence-electron chi connectivity index (χ1n) is 6.78. The van der Waals surface area contributed by atoms with E-state index in [0.29, 0.717) is 13.3 Å². The largest absolute Gasteiger partial charge is 1.00 e. The van der Waals surface area contributed by atoms with Crippen LogP contribution in [0.25, 0.3) is 0 Å². The zero-order valence-corrected chi connectivity index (χ0v) is 20.6. The van der Waals surface area contributed by atoms with Gasteiger partial charge in [0.2, 0.25) is 5.83 Å². The van der Waals surface area contributed by atoms with Gasteiger partial charge < -0.3 is 29.7 Å².